The third-order valence-corrected chi connectivity index (χ3v) is 14.0. The molecule has 2 N–H and O–H groups in total. The van der Waals surface area contributed by atoms with Crippen molar-refractivity contribution in [2.75, 3.05) is 11.1 Å². The highest BCUT2D eigenvalue weighted by Crippen LogP contribution is 2.40. The minimum atomic E-state index is -3.05. The number of hydrogen-bond donors (Lipinski definition) is 2. The molecule has 2 heterocycles. The minimum Gasteiger partial charge on any atom is -0.432 e. The molecule has 4 aromatic rings. The molecule has 0 aliphatic rings. The highest BCUT2D eigenvalue weighted by atomic mass is 32.2. The van der Waals surface area contributed by atoms with Crippen LogP contribution in [-0.4, -0.2) is 49.7 Å². The molecule has 0 aliphatic heterocycles. The molecule has 46 heavy (non-hydrogen) atoms. The highest BCUT2D eigenvalue weighted by molar-refractivity contribution is 7.94. The van der Waals surface area contributed by atoms with Gasteiger partial charge in [0.25, 0.3) is 11.8 Å². The van der Waals surface area contributed by atoms with Crippen LogP contribution in [0.1, 0.15) is 70.8 Å². The zero-order chi connectivity index (χ0) is 33.5. The summed E-state index contributed by atoms with van der Waals surface area (Å²) in [5.41, 5.74) is 3.11. The lowest BCUT2D eigenvalue weighted by molar-refractivity contribution is 0.0999. The average molecular weight is 656 g/mol. The first-order valence-electron chi connectivity index (χ1n) is 15.1. The van der Waals surface area contributed by atoms with Gasteiger partial charge in [0.15, 0.2) is 8.32 Å². The van der Waals surface area contributed by atoms with Crippen LogP contribution >= 0.6 is 0 Å². The molecule has 0 saturated heterocycles. The van der Waals surface area contributed by atoms with Gasteiger partial charge in [-0.2, -0.15) is 9.46 Å². The number of amides is 2. The van der Waals surface area contributed by atoms with Crippen molar-refractivity contribution in [1.82, 2.24) is 14.8 Å². The number of benzene rings is 2. The Kier molecular flexibility index (Phi) is 10.8. The van der Waals surface area contributed by atoms with E-state index in [1.54, 1.807) is 67.8 Å². The topological polar surface area (TPSA) is 127 Å². The summed E-state index contributed by atoms with van der Waals surface area (Å²) in [4.78, 5) is 41.4. The molecule has 2 amide bonds. The van der Waals surface area contributed by atoms with E-state index in [2.05, 4.69) is 45.5 Å². The first-order valence-corrected chi connectivity index (χ1v) is 19.8. The number of pyridine rings is 1. The molecule has 2 aromatic heterocycles. The van der Waals surface area contributed by atoms with Crippen LogP contribution in [0, 0.1) is 18.8 Å². The summed E-state index contributed by atoms with van der Waals surface area (Å²) in [6, 6.07) is 19.3. The average Bonchev–Trinajstić information content (AvgIpc) is 3.36. The minimum absolute atomic E-state index is 0.186. The SMILES string of the molecule is Cc1cc(C(=O)Nc2cccc(C#Cc3cncc(C(=O)N=[S@](=O)(CCCCC(C)(C)[Si](C)(C)O)c4ccccc4)c3)c2)n(C)n1. The van der Waals surface area contributed by atoms with Crippen LogP contribution in [0.15, 0.2) is 88.4 Å². The van der Waals surface area contributed by atoms with Crippen molar-refractivity contribution in [3.63, 3.8) is 0 Å². The molecule has 240 valence electrons. The molecule has 0 fully saturated rings. The van der Waals surface area contributed by atoms with E-state index in [9.17, 15) is 18.6 Å². The fraction of sp³-hybridized carbons (Fsp3) is 0.314. The van der Waals surface area contributed by atoms with Gasteiger partial charge in [-0.1, -0.05) is 56.4 Å². The van der Waals surface area contributed by atoms with Crippen molar-refractivity contribution in [1.29, 1.82) is 0 Å². The van der Waals surface area contributed by atoms with Gasteiger partial charge in [0.2, 0.25) is 0 Å². The van der Waals surface area contributed by atoms with Crippen molar-refractivity contribution in [2.24, 2.45) is 11.4 Å². The summed E-state index contributed by atoms with van der Waals surface area (Å²) in [6.07, 6.45) is 5.10. The Hall–Kier alpha value is -4.37. The van der Waals surface area contributed by atoms with Crippen molar-refractivity contribution >= 4 is 35.5 Å². The number of nitrogens with one attached hydrogen (secondary N) is 1. The van der Waals surface area contributed by atoms with Gasteiger partial charge in [-0.15, -0.1) is 0 Å². The zero-order valence-corrected chi connectivity index (χ0v) is 29.0. The molecule has 0 spiro atoms. The molecule has 0 radical (unpaired) electrons. The third-order valence-electron chi connectivity index (χ3n) is 8.16. The van der Waals surface area contributed by atoms with E-state index in [1.165, 1.54) is 10.9 Å². The van der Waals surface area contributed by atoms with Crippen molar-refractivity contribution in [2.45, 2.75) is 63.1 Å². The first kappa shape index (κ1) is 34.5. The number of aryl methyl sites for hydroxylation is 2. The van der Waals surface area contributed by atoms with E-state index in [-0.39, 0.29) is 22.3 Å². The van der Waals surface area contributed by atoms with Crippen LogP contribution in [0.5, 0.6) is 0 Å². The Morgan fingerprint density at radius 1 is 1.00 bits per heavy atom. The molecule has 1 atom stereocenters. The Balaban J connectivity index is 1.51. The maximum atomic E-state index is 14.2. The van der Waals surface area contributed by atoms with E-state index in [4.69, 9.17) is 0 Å². The first-order chi connectivity index (χ1) is 21.7. The largest absolute Gasteiger partial charge is 0.432 e. The molecule has 0 saturated carbocycles. The maximum Gasteiger partial charge on any atom is 0.286 e. The van der Waals surface area contributed by atoms with Gasteiger partial charge in [-0.05, 0) is 80.4 Å². The molecule has 0 bridgehead atoms. The molecular weight excluding hydrogens is 615 g/mol. The van der Waals surface area contributed by atoms with Crippen LogP contribution in [0.3, 0.4) is 0 Å². The monoisotopic (exact) mass is 655 g/mol. The van der Waals surface area contributed by atoms with E-state index < -0.39 is 24.0 Å². The van der Waals surface area contributed by atoms with Crippen LogP contribution < -0.4 is 5.32 Å². The normalized spacial score (nSPS) is 12.8. The number of carbonyl (C=O) groups is 2. The van der Waals surface area contributed by atoms with Gasteiger partial charge in [-0.3, -0.25) is 19.3 Å². The predicted molar refractivity (Wildman–Crippen MR) is 185 cm³/mol. The number of hydrogen-bond acceptors (Lipinski definition) is 6. The second kappa shape index (κ2) is 14.4. The van der Waals surface area contributed by atoms with Gasteiger partial charge >= 0.3 is 0 Å². The number of anilines is 1. The van der Waals surface area contributed by atoms with Crippen LogP contribution in [-0.2, 0) is 16.8 Å². The fourth-order valence-corrected chi connectivity index (χ4v) is 7.44. The third kappa shape index (κ3) is 8.87. The molecule has 0 unspecified atom stereocenters. The summed E-state index contributed by atoms with van der Waals surface area (Å²) < 4.78 is 20.0. The quantitative estimate of drug-likeness (QED) is 0.113. The fourth-order valence-electron chi connectivity index (χ4n) is 4.67. The second-order valence-corrected chi connectivity index (χ2v) is 19.3. The molecule has 11 heteroatoms. The van der Waals surface area contributed by atoms with Crippen molar-refractivity contribution < 1.29 is 18.6 Å². The lowest BCUT2D eigenvalue weighted by Crippen LogP contribution is -2.38. The van der Waals surface area contributed by atoms with Crippen molar-refractivity contribution in [3.05, 3.63) is 107 Å². The highest BCUT2D eigenvalue weighted by Gasteiger charge is 2.37. The summed E-state index contributed by atoms with van der Waals surface area (Å²) in [5, 5.41) is 6.90. The number of unbranched alkanes of at least 4 members (excludes halogenated alkanes) is 1. The summed E-state index contributed by atoms with van der Waals surface area (Å²) in [7, 11) is -3.70. The van der Waals surface area contributed by atoms with Crippen LogP contribution in [0.25, 0.3) is 0 Å². The summed E-state index contributed by atoms with van der Waals surface area (Å²) in [5.74, 6) is 5.41. The van der Waals surface area contributed by atoms with Gasteiger partial charge in [-0.25, -0.2) is 4.21 Å². The van der Waals surface area contributed by atoms with Gasteiger partial charge in [0.05, 0.1) is 21.0 Å². The molecule has 2 aromatic carbocycles. The molecule has 0 aliphatic carbocycles. The van der Waals surface area contributed by atoms with Gasteiger partial charge in [0.1, 0.15) is 5.69 Å². The smallest absolute Gasteiger partial charge is 0.286 e. The van der Waals surface area contributed by atoms with Crippen LogP contribution in [0.2, 0.25) is 18.1 Å². The van der Waals surface area contributed by atoms with E-state index >= 15 is 0 Å². The standard InChI is InChI=1S/C35H41N5O4SSi/c1-26-21-32(40(4)38-26)34(42)37-30-14-12-13-27(23-30)17-18-28-22-29(25-36-24-28)33(41)39-45(43,31-15-8-7-9-16-31)20-11-10-19-35(2,3)46(5,6)44/h7-9,12-16,21-25,44H,10-11,19-20H2,1-6H3,(H,37,42)/t45-/m0/s1. The number of rotatable bonds is 10. The van der Waals surface area contributed by atoms with Gasteiger partial charge in [0, 0.05) is 46.9 Å². The number of aromatic nitrogens is 3. The summed E-state index contributed by atoms with van der Waals surface area (Å²) >= 11 is 0. The maximum absolute atomic E-state index is 14.2. The van der Waals surface area contributed by atoms with Gasteiger partial charge < -0.3 is 10.1 Å². The molecule has 9 nitrogen and oxygen atoms in total. The lowest BCUT2D eigenvalue weighted by Gasteiger charge is -2.35. The lowest BCUT2D eigenvalue weighted by atomic mass is 10.1. The second-order valence-electron chi connectivity index (χ2n) is 12.5. The Labute approximate surface area is 272 Å². The van der Waals surface area contributed by atoms with E-state index in [0.29, 0.717) is 33.8 Å². The molecule has 4 rings (SSSR count). The Morgan fingerprint density at radius 2 is 1.72 bits per heavy atom. The van der Waals surface area contributed by atoms with E-state index in [1.807, 2.05) is 32.2 Å². The van der Waals surface area contributed by atoms with E-state index in [0.717, 1.165) is 18.5 Å². The Bertz CT molecular complexity index is 1910. The zero-order valence-electron chi connectivity index (χ0n) is 27.2. The number of carbonyl (C=O) groups excluding carboxylic acids is 2. The summed E-state index contributed by atoms with van der Waals surface area (Å²) in [6.45, 7) is 9.84. The van der Waals surface area contributed by atoms with Crippen LogP contribution in [0.4, 0.5) is 5.69 Å². The van der Waals surface area contributed by atoms with Crippen molar-refractivity contribution in [3.8, 4) is 11.8 Å². The molecular formula is C35H41N5O4SSi. The predicted octanol–water partition coefficient (Wildman–Crippen LogP) is 6.59. The number of nitrogens with zero attached hydrogens (tertiary/aromatic N) is 4. The Morgan fingerprint density at radius 3 is 2.39 bits per heavy atom.